The third-order valence-electron chi connectivity index (χ3n) is 10.4. The molecule has 340 valence electrons. The van der Waals surface area contributed by atoms with Crippen molar-refractivity contribution in [1.29, 1.82) is 0 Å². The molecule has 0 aliphatic rings. The van der Waals surface area contributed by atoms with E-state index in [0.29, 0.717) is 17.2 Å². The number of anilines is 9. The summed E-state index contributed by atoms with van der Waals surface area (Å²) in [5.74, 6) is -0.907. The summed E-state index contributed by atoms with van der Waals surface area (Å²) in [4.78, 5) is 53.8. The molecule has 0 fully saturated rings. The molecule has 12 nitrogen and oxygen atoms in total. The van der Waals surface area contributed by atoms with E-state index in [-0.39, 0.29) is 13.2 Å². The summed E-state index contributed by atoms with van der Waals surface area (Å²) in [5, 5.41) is 0. The van der Waals surface area contributed by atoms with E-state index in [1.807, 2.05) is 110 Å². The SMILES string of the molecule is C=CC(=O)OCc1ccc(N(c2ccc(OC(=O)C=C)cc2)c2ccc(N(c3ccc(C)cc3)c3cccc(N(c4ccc(OCC(=O)OC)cc4)c4ccc(OC(=O)C=C)cc4)c3)cc2)cc1. The van der Waals surface area contributed by atoms with Crippen LogP contribution in [0.1, 0.15) is 11.1 Å². The van der Waals surface area contributed by atoms with Gasteiger partial charge in [-0.1, -0.05) is 55.6 Å². The van der Waals surface area contributed by atoms with E-state index in [2.05, 4.69) is 64.8 Å². The molecular weight excluding hydrogens is 859 g/mol. The van der Waals surface area contributed by atoms with Gasteiger partial charge in [0.05, 0.1) is 7.11 Å². The van der Waals surface area contributed by atoms with Gasteiger partial charge in [-0.25, -0.2) is 19.2 Å². The highest BCUT2D eigenvalue weighted by molar-refractivity contribution is 5.87. The minimum absolute atomic E-state index is 0.0935. The fourth-order valence-electron chi connectivity index (χ4n) is 7.05. The predicted octanol–water partition coefficient (Wildman–Crippen LogP) is 12.4. The summed E-state index contributed by atoms with van der Waals surface area (Å²) in [6.07, 6.45) is 3.35. The number of rotatable bonds is 19. The van der Waals surface area contributed by atoms with Crippen LogP contribution in [0.4, 0.5) is 51.2 Å². The van der Waals surface area contributed by atoms with Gasteiger partial charge in [0, 0.05) is 69.4 Å². The van der Waals surface area contributed by atoms with Gasteiger partial charge in [-0.05, 0) is 152 Å². The van der Waals surface area contributed by atoms with Crippen LogP contribution in [0.25, 0.3) is 0 Å². The summed E-state index contributed by atoms with van der Waals surface area (Å²) in [6.45, 7) is 12.4. The second kappa shape index (κ2) is 22.2. The van der Waals surface area contributed by atoms with Crippen molar-refractivity contribution in [3.8, 4) is 17.2 Å². The molecule has 0 heterocycles. The van der Waals surface area contributed by atoms with Gasteiger partial charge in [0.1, 0.15) is 23.9 Å². The number of carbonyl (C=O) groups excluding carboxylic acids is 4. The summed E-state index contributed by atoms with van der Waals surface area (Å²) < 4.78 is 26.4. The van der Waals surface area contributed by atoms with Crippen LogP contribution in [-0.2, 0) is 35.3 Å². The Labute approximate surface area is 394 Å². The summed E-state index contributed by atoms with van der Waals surface area (Å²) in [7, 11) is 1.31. The molecule has 0 amide bonds. The van der Waals surface area contributed by atoms with E-state index < -0.39 is 23.9 Å². The molecule has 12 heteroatoms. The average Bonchev–Trinajstić information content (AvgIpc) is 3.38. The van der Waals surface area contributed by atoms with E-state index in [0.717, 1.165) is 80.5 Å². The van der Waals surface area contributed by atoms with Crippen molar-refractivity contribution >= 4 is 75.1 Å². The number of esters is 4. The quantitative estimate of drug-likeness (QED) is 0.0436. The van der Waals surface area contributed by atoms with Crippen molar-refractivity contribution < 1.29 is 42.9 Å². The first kappa shape index (κ1) is 46.8. The topological polar surface area (TPSA) is 124 Å². The standard InChI is InChI=1S/C56H47N3O9/c1-6-53(60)66-37-40-14-18-42(19-15-40)57(45-26-32-51(33-27-45)67-54(61)7-2)43-20-22-44(23-21-43)58(41-16-12-39(4)13-17-41)48-10-9-11-49(36-48)59(47-28-34-52(35-29-47)68-55(62)8-3)46-24-30-50(31-25-46)65-38-56(63)64-5/h6-36H,1-3,37-38H2,4-5H3. The highest BCUT2D eigenvalue weighted by Crippen LogP contribution is 2.43. The number of nitrogens with zero attached hydrogens (tertiary/aromatic N) is 3. The van der Waals surface area contributed by atoms with Crippen LogP contribution in [0.5, 0.6) is 17.2 Å². The Morgan fingerprint density at radius 1 is 0.456 bits per heavy atom. The van der Waals surface area contributed by atoms with Crippen molar-refractivity contribution in [2.45, 2.75) is 13.5 Å². The number of hydrogen-bond acceptors (Lipinski definition) is 12. The first-order chi connectivity index (χ1) is 33.0. The normalized spacial score (nSPS) is 10.4. The highest BCUT2D eigenvalue weighted by Gasteiger charge is 2.20. The van der Waals surface area contributed by atoms with Crippen molar-refractivity contribution in [3.63, 3.8) is 0 Å². The fraction of sp³-hybridized carbons (Fsp3) is 0.0714. The van der Waals surface area contributed by atoms with E-state index in [1.165, 1.54) is 7.11 Å². The van der Waals surface area contributed by atoms with Crippen molar-refractivity contribution in [1.82, 2.24) is 0 Å². The minimum Gasteiger partial charge on any atom is -0.482 e. The first-order valence-electron chi connectivity index (χ1n) is 21.3. The van der Waals surface area contributed by atoms with Crippen molar-refractivity contribution in [2.24, 2.45) is 0 Å². The zero-order valence-electron chi connectivity index (χ0n) is 37.4. The van der Waals surface area contributed by atoms with Gasteiger partial charge in [-0.3, -0.25) is 0 Å². The summed E-state index contributed by atoms with van der Waals surface area (Å²) >= 11 is 0. The highest BCUT2D eigenvalue weighted by atomic mass is 16.6. The van der Waals surface area contributed by atoms with Gasteiger partial charge < -0.3 is 38.4 Å². The molecule has 0 radical (unpaired) electrons. The minimum atomic E-state index is -0.566. The molecule has 0 aliphatic heterocycles. The number of ether oxygens (including phenoxy) is 5. The molecule has 0 aromatic heterocycles. The summed E-state index contributed by atoms with van der Waals surface area (Å²) in [5.41, 5.74) is 9.37. The Morgan fingerprint density at radius 2 is 0.809 bits per heavy atom. The third kappa shape index (κ3) is 11.7. The lowest BCUT2D eigenvalue weighted by molar-refractivity contribution is -0.143. The Kier molecular flexibility index (Phi) is 15.3. The number of carbonyl (C=O) groups is 4. The molecule has 7 aromatic rings. The van der Waals surface area contributed by atoms with E-state index >= 15 is 0 Å². The van der Waals surface area contributed by atoms with Gasteiger partial charge in [-0.15, -0.1) is 0 Å². The Morgan fingerprint density at radius 3 is 1.21 bits per heavy atom. The van der Waals surface area contributed by atoms with Crippen LogP contribution in [0.2, 0.25) is 0 Å². The zero-order valence-corrected chi connectivity index (χ0v) is 37.4. The number of benzene rings is 7. The molecule has 0 aliphatic carbocycles. The molecule has 0 atom stereocenters. The van der Waals surface area contributed by atoms with E-state index in [9.17, 15) is 19.2 Å². The lowest BCUT2D eigenvalue weighted by Crippen LogP contribution is -2.14. The number of methoxy groups -OCH3 is 1. The largest absolute Gasteiger partial charge is 0.482 e. The number of hydrogen-bond donors (Lipinski definition) is 0. The molecule has 0 saturated heterocycles. The van der Waals surface area contributed by atoms with Gasteiger partial charge in [0.15, 0.2) is 6.61 Å². The second-order valence-corrected chi connectivity index (χ2v) is 15.0. The maximum absolute atomic E-state index is 12.0. The molecule has 7 aromatic carbocycles. The van der Waals surface area contributed by atoms with Crippen LogP contribution in [0.3, 0.4) is 0 Å². The van der Waals surface area contributed by atoms with Crippen molar-refractivity contribution in [2.75, 3.05) is 28.4 Å². The number of aryl methyl sites for hydroxylation is 1. The molecule has 0 bridgehead atoms. The second-order valence-electron chi connectivity index (χ2n) is 15.0. The van der Waals surface area contributed by atoms with Crippen LogP contribution >= 0.6 is 0 Å². The lowest BCUT2D eigenvalue weighted by atomic mass is 10.1. The molecule has 68 heavy (non-hydrogen) atoms. The molecular formula is C56H47N3O9. The van der Waals surface area contributed by atoms with Gasteiger partial charge in [-0.2, -0.15) is 0 Å². The van der Waals surface area contributed by atoms with Gasteiger partial charge in [0.25, 0.3) is 0 Å². The van der Waals surface area contributed by atoms with Crippen LogP contribution in [0, 0.1) is 6.92 Å². The molecule has 0 saturated carbocycles. The average molecular weight is 906 g/mol. The maximum Gasteiger partial charge on any atom is 0.343 e. The lowest BCUT2D eigenvalue weighted by Gasteiger charge is -2.30. The fourth-order valence-corrected chi connectivity index (χ4v) is 7.05. The smallest absolute Gasteiger partial charge is 0.343 e. The molecule has 0 N–H and O–H groups in total. The van der Waals surface area contributed by atoms with E-state index in [4.69, 9.17) is 23.7 Å². The van der Waals surface area contributed by atoms with Gasteiger partial charge >= 0.3 is 23.9 Å². The predicted molar refractivity (Wildman–Crippen MR) is 264 cm³/mol. The Balaban J connectivity index is 1.28. The third-order valence-corrected chi connectivity index (χ3v) is 10.4. The monoisotopic (exact) mass is 905 g/mol. The van der Waals surface area contributed by atoms with Crippen LogP contribution < -0.4 is 28.9 Å². The Hall–Kier alpha value is -9.16. The Bertz CT molecular complexity index is 2900. The van der Waals surface area contributed by atoms with Crippen LogP contribution in [-0.4, -0.2) is 37.6 Å². The first-order valence-corrected chi connectivity index (χ1v) is 21.3. The van der Waals surface area contributed by atoms with Crippen molar-refractivity contribution in [3.05, 3.63) is 219 Å². The summed E-state index contributed by atoms with van der Waals surface area (Å²) in [6, 6.07) is 53.8. The maximum atomic E-state index is 12.0. The molecule has 0 unspecified atom stereocenters. The van der Waals surface area contributed by atoms with E-state index in [1.54, 1.807) is 36.4 Å². The van der Waals surface area contributed by atoms with Crippen LogP contribution in [0.15, 0.2) is 208 Å². The molecule has 7 rings (SSSR count). The molecule has 0 spiro atoms. The van der Waals surface area contributed by atoms with Gasteiger partial charge in [0.2, 0.25) is 0 Å². The zero-order chi connectivity index (χ0) is 48.0.